The zero-order valence-corrected chi connectivity index (χ0v) is 19.9. The maximum Gasteiger partial charge on any atom is 0.342 e. The van der Waals surface area contributed by atoms with Gasteiger partial charge in [0.25, 0.3) is 0 Å². The molecule has 2 heterocycles. The van der Waals surface area contributed by atoms with E-state index < -0.39 is 16.0 Å². The van der Waals surface area contributed by atoms with Crippen LogP contribution in [0.15, 0.2) is 35.2 Å². The van der Waals surface area contributed by atoms with Crippen molar-refractivity contribution in [1.82, 2.24) is 4.31 Å². The van der Waals surface area contributed by atoms with Crippen molar-refractivity contribution in [2.75, 3.05) is 27.0 Å². The summed E-state index contributed by atoms with van der Waals surface area (Å²) in [6.45, 7) is 1.28. The van der Waals surface area contributed by atoms with Crippen LogP contribution in [-0.4, -0.2) is 45.7 Å². The number of sulfonamides is 1. The normalized spacial score (nSPS) is 16.9. The molecule has 0 aliphatic carbocycles. The Labute approximate surface area is 198 Å². The lowest BCUT2D eigenvalue weighted by molar-refractivity contribution is -0.0180. The molecule has 0 bridgehead atoms. The van der Waals surface area contributed by atoms with Gasteiger partial charge in [-0.15, -0.1) is 0 Å². The zero-order valence-electron chi connectivity index (χ0n) is 18.3. The summed E-state index contributed by atoms with van der Waals surface area (Å²) in [6, 6.07) is 7.65. The van der Waals surface area contributed by atoms with Crippen molar-refractivity contribution in [2.45, 2.75) is 43.8 Å². The van der Waals surface area contributed by atoms with Gasteiger partial charge in [-0.2, -0.15) is 4.31 Å². The molecular formula is C23H26ClNO7S. The number of nitrogens with zero attached hydrogens (tertiary/aromatic N) is 1. The number of rotatable bonds is 6. The van der Waals surface area contributed by atoms with Crippen molar-refractivity contribution in [3.8, 4) is 11.5 Å². The minimum Gasteiger partial charge on any atom is -0.496 e. The summed E-state index contributed by atoms with van der Waals surface area (Å²) in [5, 5.41) is 0.469. The summed E-state index contributed by atoms with van der Waals surface area (Å²) >= 11 is 6.18. The Morgan fingerprint density at radius 3 is 2.61 bits per heavy atom. The van der Waals surface area contributed by atoms with Crippen molar-refractivity contribution in [2.24, 2.45) is 0 Å². The van der Waals surface area contributed by atoms with Crippen molar-refractivity contribution < 1.29 is 32.2 Å². The molecule has 2 aliphatic rings. The van der Waals surface area contributed by atoms with Crippen LogP contribution in [0.4, 0.5) is 0 Å². The molecule has 0 spiro atoms. The molecule has 2 aromatic carbocycles. The summed E-state index contributed by atoms with van der Waals surface area (Å²) in [6.07, 6.45) is 3.66. The average molecular weight is 496 g/mol. The first-order valence-corrected chi connectivity index (χ1v) is 12.6. The Balaban J connectivity index is 1.57. The topological polar surface area (TPSA) is 91.4 Å². The molecule has 8 nitrogen and oxygen atoms in total. The van der Waals surface area contributed by atoms with Crippen LogP contribution in [-0.2, 0) is 32.7 Å². The van der Waals surface area contributed by atoms with Crippen LogP contribution in [0.25, 0.3) is 0 Å². The molecule has 0 saturated carbocycles. The number of benzene rings is 2. The standard InChI is InChI=1S/C23H26ClNO7S/c1-29-21-7-6-19(33(27,28)25-8-4-2-3-5-9-25)12-20(21)23(26)31-14-17-11-18(24)10-16-13-30-15-32-22(16)17/h6-7,10-12H,2-5,8-9,13-15H2,1H3. The molecular weight excluding hydrogens is 470 g/mol. The summed E-state index contributed by atoms with van der Waals surface area (Å²) in [5.74, 6) is 0.0936. The monoisotopic (exact) mass is 495 g/mol. The average Bonchev–Trinajstić information content (AvgIpc) is 3.12. The Morgan fingerprint density at radius 2 is 1.88 bits per heavy atom. The van der Waals surface area contributed by atoms with Gasteiger partial charge in [0.1, 0.15) is 23.7 Å². The second-order valence-corrected chi connectivity index (χ2v) is 10.3. The third kappa shape index (κ3) is 5.27. The van der Waals surface area contributed by atoms with Gasteiger partial charge < -0.3 is 18.9 Å². The lowest BCUT2D eigenvalue weighted by atomic mass is 10.1. The van der Waals surface area contributed by atoms with Crippen molar-refractivity contribution in [3.05, 3.63) is 52.0 Å². The van der Waals surface area contributed by atoms with Crippen LogP contribution < -0.4 is 9.47 Å². The highest BCUT2D eigenvalue weighted by atomic mass is 35.5. The lowest BCUT2D eigenvalue weighted by Gasteiger charge is -2.21. The number of fused-ring (bicyclic) bond motifs is 1. The summed E-state index contributed by atoms with van der Waals surface area (Å²) in [4.78, 5) is 13.0. The molecule has 10 heteroatoms. The highest BCUT2D eigenvalue weighted by molar-refractivity contribution is 7.89. The molecule has 1 fully saturated rings. The van der Waals surface area contributed by atoms with E-state index in [1.54, 1.807) is 12.1 Å². The second-order valence-electron chi connectivity index (χ2n) is 7.92. The quantitative estimate of drug-likeness (QED) is 0.556. The minimum atomic E-state index is -3.73. The molecule has 178 valence electrons. The van der Waals surface area contributed by atoms with Crippen molar-refractivity contribution in [3.63, 3.8) is 0 Å². The highest BCUT2D eigenvalue weighted by Crippen LogP contribution is 2.33. The summed E-state index contributed by atoms with van der Waals surface area (Å²) in [7, 11) is -2.32. The second kappa shape index (κ2) is 10.3. The van der Waals surface area contributed by atoms with E-state index >= 15 is 0 Å². The van der Waals surface area contributed by atoms with Gasteiger partial charge in [0, 0.05) is 29.2 Å². The van der Waals surface area contributed by atoms with E-state index in [9.17, 15) is 13.2 Å². The number of halogens is 1. The van der Waals surface area contributed by atoms with Gasteiger partial charge in [-0.3, -0.25) is 0 Å². The molecule has 1 saturated heterocycles. The van der Waals surface area contributed by atoms with E-state index in [1.807, 2.05) is 0 Å². The van der Waals surface area contributed by atoms with Gasteiger partial charge in [-0.1, -0.05) is 24.4 Å². The zero-order chi connectivity index (χ0) is 23.4. The molecule has 2 aromatic rings. The fraction of sp³-hybridized carbons (Fsp3) is 0.435. The molecule has 0 unspecified atom stereocenters. The van der Waals surface area contributed by atoms with E-state index in [4.69, 9.17) is 30.5 Å². The van der Waals surface area contributed by atoms with Gasteiger partial charge in [0.15, 0.2) is 6.79 Å². The molecule has 0 amide bonds. The van der Waals surface area contributed by atoms with E-state index in [0.717, 1.165) is 31.2 Å². The van der Waals surface area contributed by atoms with E-state index in [2.05, 4.69) is 0 Å². The molecule has 33 heavy (non-hydrogen) atoms. The Kier molecular flexibility index (Phi) is 7.43. The van der Waals surface area contributed by atoms with Crippen LogP contribution in [0, 0.1) is 0 Å². The first-order chi connectivity index (χ1) is 15.9. The van der Waals surface area contributed by atoms with Gasteiger partial charge in [-0.05, 0) is 43.2 Å². The third-order valence-corrected chi connectivity index (χ3v) is 7.82. The summed E-state index contributed by atoms with van der Waals surface area (Å²) < 4.78 is 49.5. The van der Waals surface area contributed by atoms with E-state index in [-0.39, 0.29) is 29.6 Å². The van der Waals surface area contributed by atoms with Crippen molar-refractivity contribution >= 4 is 27.6 Å². The molecule has 0 atom stereocenters. The number of hydrogen-bond acceptors (Lipinski definition) is 7. The number of methoxy groups -OCH3 is 1. The van der Waals surface area contributed by atoms with Crippen LogP contribution in [0.3, 0.4) is 0 Å². The molecule has 2 aliphatic heterocycles. The number of carbonyl (C=O) groups is 1. The molecule has 0 aromatic heterocycles. The van der Waals surface area contributed by atoms with Gasteiger partial charge in [0.2, 0.25) is 10.0 Å². The number of hydrogen-bond donors (Lipinski definition) is 0. The number of ether oxygens (including phenoxy) is 4. The Bertz CT molecular complexity index is 1130. The summed E-state index contributed by atoms with van der Waals surface area (Å²) in [5.41, 5.74) is 1.40. The fourth-order valence-corrected chi connectivity index (χ4v) is 5.83. The minimum absolute atomic E-state index is 0.0357. The van der Waals surface area contributed by atoms with Crippen LogP contribution >= 0.6 is 11.6 Å². The number of esters is 1. The fourth-order valence-electron chi connectivity index (χ4n) is 4.02. The Morgan fingerprint density at radius 1 is 1.12 bits per heavy atom. The largest absolute Gasteiger partial charge is 0.496 e. The van der Waals surface area contributed by atoms with Gasteiger partial charge in [0.05, 0.1) is 18.6 Å². The van der Waals surface area contributed by atoms with E-state index in [0.29, 0.717) is 36.0 Å². The SMILES string of the molecule is COc1ccc(S(=O)(=O)N2CCCCCC2)cc1C(=O)OCc1cc(Cl)cc2c1OCOC2. The lowest BCUT2D eigenvalue weighted by Crippen LogP contribution is -2.32. The molecule has 0 radical (unpaired) electrons. The maximum absolute atomic E-state index is 13.2. The van der Waals surface area contributed by atoms with Gasteiger partial charge >= 0.3 is 5.97 Å². The molecule has 0 N–H and O–H groups in total. The number of carbonyl (C=O) groups excluding carboxylic acids is 1. The highest BCUT2D eigenvalue weighted by Gasteiger charge is 2.28. The third-order valence-electron chi connectivity index (χ3n) is 5.70. The maximum atomic E-state index is 13.2. The Hall–Kier alpha value is -2.33. The first-order valence-electron chi connectivity index (χ1n) is 10.8. The van der Waals surface area contributed by atoms with Crippen LogP contribution in [0.2, 0.25) is 5.02 Å². The predicted octanol–water partition coefficient (Wildman–Crippen LogP) is 4.14. The predicted molar refractivity (Wildman–Crippen MR) is 121 cm³/mol. The molecule has 4 rings (SSSR count). The smallest absolute Gasteiger partial charge is 0.342 e. The van der Waals surface area contributed by atoms with Crippen LogP contribution in [0.5, 0.6) is 11.5 Å². The van der Waals surface area contributed by atoms with E-state index in [1.165, 1.54) is 29.6 Å². The first kappa shape index (κ1) is 23.8. The van der Waals surface area contributed by atoms with Gasteiger partial charge in [-0.25, -0.2) is 13.2 Å². The van der Waals surface area contributed by atoms with Crippen molar-refractivity contribution in [1.29, 1.82) is 0 Å². The van der Waals surface area contributed by atoms with Crippen LogP contribution in [0.1, 0.15) is 47.2 Å².